The van der Waals surface area contributed by atoms with E-state index in [1.165, 1.54) is 30.6 Å². The van der Waals surface area contributed by atoms with Crippen LogP contribution in [0.25, 0.3) is 0 Å². The number of hydrogen-bond donors (Lipinski definition) is 1. The molecule has 0 bridgehead atoms. The second kappa shape index (κ2) is 5.14. The van der Waals surface area contributed by atoms with Crippen LogP contribution in [0.2, 0.25) is 5.02 Å². The molecule has 92 valence electrons. The van der Waals surface area contributed by atoms with Gasteiger partial charge in [-0.1, -0.05) is 11.6 Å². The summed E-state index contributed by atoms with van der Waals surface area (Å²) < 4.78 is 13.1. The van der Waals surface area contributed by atoms with E-state index in [0.29, 0.717) is 21.8 Å². The highest BCUT2D eigenvalue weighted by Crippen LogP contribution is 2.20. The van der Waals surface area contributed by atoms with Crippen LogP contribution >= 0.6 is 11.6 Å². The molecular formula is C13H10ClFN2O. The lowest BCUT2D eigenvalue weighted by molar-refractivity contribution is 0.102. The highest BCUT2D eigenvalue weighted by molar-refractivity contribution is 6.33. The van der Waals surface area contributed by atoms with Crippen molar-refractivity contribution in [1.29, 1.82) is 0 Å². The summed E-state index contributed by atoms with van der Waals surface area (Å²) in [6.45, 7) is 1.60. The van der Waals surface area contributed by atoms with Crippen LogP contribution < -0.4 is 5.32 Å². The first-order valence-corrected chi connectivity index (χ1v) is 5.63. The third kappa shape index (κ3) is 2.65. The summed E-state index contributed by atoms with van der Waals surface area (Å²) in [4.78, 5) is 15.8. The molecule has 1 aromatic carbocycles. The van der Waals surface area contributed by atoms with Crippen molar-refractivity contribution in [3.63, 3.8) is 0 Å². The number of anilines is 1. The maximum Gasteiger partial charge on any atom is 0.255 e. The second-order valence-electron chi connectivity index (χ2n) is 3.77. The Hall–Kier alpha value is -1.94. The molecule has 0 aliphatic carbocycles. The smallest absolute Gasteiger partial charge is 0.255 e. The van der Waals surface area contributed by atoms with Crippen LogP contribution in [0.3, 0.4) is 0 Å². The van der Waals surface area contributed by atoms with E-state index in [0.717, 1.165) is 0 Å². The van der Waals surface area contributed by atoms with Crippen LogP contribution in [0.1, 0.15) is 15.9 Å². The molecule has 0 aliphatic heterocycles. The van der Waals surface area contributed by atoms with Gasteiger partial charge < -0.3 is 5.32 Å². The van der Waals surface area contributed by atoms with E-state index in [9.17, 15) is 9.18 Å². The van der Waals surface area contributed by atoms with Gasteiger partial charge in [0.1, 0.15) is 5.82 Å². The lowest BCUT2D eigenvalue weighted by Gasteiger charge is -2.07. The molecule has 18 heavy (non-hydrogen) atoms. The highest BCUT2D eigenvalue weighted by Gasteiger charge is 2.09. The molecule has 0 unspecified atom stereocenters. The quantitative estimate of drug-likeness (QED) is 0.903. The maximum absolute atomic E-state index is 13.1. The zero-order valence-corrected chi connectivity index (χ0v) is 10.3. The minimum Gasteiger partial charge on any atom is -0.319 e. The van der Waals surface area contributed by atoms with Gasteiger partial charge in [0.05, 0.1) is 16.9 Å². The molecule has 0 spiro atoms. The zero-order chi connectivity index (χ0) is 13.1. The molecule has 0 radical (unpaired) electrons. The molecule has 1 aromatic heterocycles. The standard InChI is InChI=1S/C13H10ClFN2O/c1-8-6-9(2-3-11(8)15)13(18)17-12-7-16-5-4-10(12)14/h2-7H,1H3,(H,17,18). The molecule has 0 aliphatic rings. The lowest BCUT2D eigenvalue weighted by Crippen LogP contribution is -2.12. The highest BCUT2D eigenvalue weighted by atomic mass is 35.5. The van der Waals surface area contributed by atoms with E-state index in [4.69, 9.17) is 11.6 Å². The Balaban J connectivity index is 2.22. The number of pyridine rings is 1. The lowest BCUT2D eigenvalue weighted by atomic mass is 10.1. The van der Waals surface area contributed by atoms with Crippen molar-refractivity contribution in [2.24, 2.45) is 0 Å². The molecule has 2 rings (SSSR count). The fourth-order valence-corrected chi connectivity index (χ4v) is 1.60. The van der Waals surface area contributed by atoms with Crippen LogP contribution in [0, 0.1) is 12.7 Å². The SMILES string of the molecule is Cc1cc(C(=O)Nc2cnccc2Cl)ccc1F. The normalized spacial score (nSPS) is 10.2. The number of carbonyl (C=O) groups is 1. The first-order chi connectivity index (χ1) is 8.58. The first kappa shape index (κ1) is 12.5. The minimum atomic E-state index is -0.354. The second-order valence-corrected chi connectivity index (χ2v) is 4.18. The van der Waals surface area contributed by atoms with Gasteiger partial charge in [0.2, 0.25) is 0 Å². The topological polar surface area (TPSA) is 42.0 Å². The number of hydrogen-bond acceptors (Lipinski definition) is 2. The third-order valence-electron chi connectivity index (χ3n) is 2.44. The van der Waals surface area contributed by atoms with Crippen LogP contribution in [-0.4, -0.2) is 10.9 Å². The molecule has 1 N–H and O–H groups in total. The molecule has 0 atom stereocenters. The predicted octanol–water partition coefficient (Wildman–Crippen LogP) is 3.43. The van der Waals surface area contributed by atoms with Gasteiger partial charge in [-0.2, -0.15) is 0 Å². The Morgan fingerprint density at radius 2 is 2.17 bits per heavy atom. The molecule has 3 nitrogen and oxygen atoms in total. The molecule has 0 saturated carbocycles. The van der Waals surface area contributed by atoms with Crippen LogP contribution in [0.5, 0.6) is 0 Å². The summed E-state index contributed by atoms with van der Waals surface area (Å²) in [6.07, 6.45) is 2.98. The number of aryl methyl sites for hydroxylation is 1. The number of nitrogens with one attached hydrogen (secondary N) is 1. The summed E-state index contributed by atoms with van der Waals surface area (Å²) in [6, 6.07) is 5.74. The molecule has 0 saturated heterocycles. The van der Waals surface area contributed by atoms with Crippen LogP contribution in [-0.2, 0) is 0 Å². The number of carbonyl (C=O) groups excluding carboxylic acids is 1. The number of nitrogens with zero attached hydrogens (tertiary/aromatic N) is 1. The van der Waals surface area contributed by atoms with Gasteiger partial charge in [-0.3, -0.25) is 9.78 Å². The molecule has 0 fully saturated rings. The third-order valence-corrected chi connectivity index (χ3v) is 2.77. The van der Waals surface area contributed by atoms with E-state index < -0.39 is 0 Å². The fraction of sp³-hybridized carbons (Fsp3) is 0.0769. The van der Waals surface area contributed by atoms with Gasteiger partial charge in [-0.25, -0.2) is 4.39 Å². The molecule has 1 heterocycles. The Bertz CT molecular complexity index is 601. The molecular weight excluding hydrogens is 255 g/mol. The Morgan fingerprint density at radius 3 is 2.83 bits per heavy atom. The van der Waals surface area contributed by atoms with Crippen molar-refractivity contribution < 1.29 is 9.18 Å². The van der Waals surface area contributed by atoms with E-state index in [1.807, 2.05) is 0 Å². The van der Waals surface area contributed by atoms with Gasteiger partial charge in [0.15, 0.2) is 0 Å². The maximum atomic E-state index is 13.1. The van der Waals surface area contributed by atoms with E-state index in [2.05, 4.69) is 10.3 Å². The fourth-order valence-electron chi connectivity index (χ4n) is 1.45. The molecule has 1 amide bonds. The first-order valence-electron chi connectivity index (χ1n) is 5.25. The molecule has 5 heteroatoms. The number of aromatic nitrogens is 1. The van der Waals surface area contributed by atoms with E-state index in [1.54, 1.807) is 13.0 Å². The van der Waals surface area contributed by atoms with Crippen LogP contribution in [0.4, 0.5) is 10.1 Å². The minimum absolute atomic E-state index is 0.342. The zero-order valence-electron chi connectivity index (χ0n) is 9.58. The summed E-state index contributed by atoms with van der Waals surface area (Å²) in [5.74, 6) is -0.695. The van der Waals surface area contributed by atoms with Crippen molar-refractivity contribution in [1.82, 2.24) is 4.98 Å². The van der Waals surface area contributed by atoms with Crippen molar-refractivity contribution in [2.45, 2.75) is 6.92 Å². The van der Waals surface area contributed by atoms with Crippen LogP contribution in [0.15, 0.2) is 36.7 Å². The van der Waals surface area contributed by atoms with Gasteiger partial charge in [-0.05, 0) is 36.8 Å². The van der Waals surface area contributed by atoms with Gasteiger partial charge >= 0.3 is 0 Å². The Labute approximate surface area is 109 Å². The summed E-state index contributed by atoms with van der Waals surface area (Å²) in [7, 11) is 0. The van der Waals surface area contributed by atoms with Crippen molar-refractivity contribution in [3.8, 4) is 0 Å². The summed E-state index contributed by atoms with van der Waals surface area (Å²) in [5, 5.41) is 3.02. The van der Waals surface area contributed by atoms with Crippen molar-refractivity contribution in [3.05, 3.63) is 58.6 Å². The number of rotatable bonds is 2. The number of amides is 1. The summed E-state index contributed by atoms with van der Waals surface area (Å²) >= 11 is 5.90. The average Bonchev–Trinajstić information content (AvgIpc) is 2.35. The van der Waals surface area contributed by atoms with Crippen molar-refractivity contribution in [2.75, 3.05) is 5.32 Å². The predicted molar refractivity (Wildman–Crippen MR) is 68.3 cm³/mol. The average molecular weight is 265 g/mol. The monoisotopic (exact) mass is 264 g/mol. The largest absolute Gasteiger partial charge is 0.319 e. The number of benzene rings is 1. The van der Waals surface area contributed by atoms with Crippen molar-refractivity contribution >= 4 is 23.2 Å². The Kier molecular flexibility index (Phi) is 3.58. The Morgan fingerprint density at radius 1 is 1.39 bits per heavy atom. The van der Waals surface area contributed by atoms with Gasteiger partial charge in [0.25, 0.3) is 5.91 Å². The molecule has 2 aromatic rings. The van der Waals surface area contributed by atoms with E-state index >= 15 is 0 Å². The summed E-state index contributed by atoms with van der Waals surface area (Å²) in [5.41, 5.74) is 1.21. The number of halogens is 2. The van der Waals surface area contributed by atoms with Gasteiger partial charge in [0, 0.05) is 11.8 Å². The van der Waals surface area contributed by atoms with Gasteiger partial charge in [-0.15, -0.1) is 0 Å². The van der Waals surface area contributed by atoms with E-state index in [-0.39, 0.29) is 11.7 Å².